The van der Waals surface area contributed by atoms with Crippen molar-refractivity contribution in [3.63, 3.8) is 0 Å². The van der Waals surface area contributed by atoms with Crippen LogP contribution >= 0.6 is 0 Å². The second-order valence-corrected chi connectivity index (χ2v) is 6.33. The van der Waals surface area contributed by atoms with Gasteiger partial charge in [0.05, 0.1) is 5.60 Å². The fourth-order valence-electron chi connectivity index (χ4n) is 3.22. The summed E-state index contributed by atoms with van der Waals surface area (Å²) in [6.45, 7) is 8.11. The summed E-state index contributed by atoms with van der Waals surface area (Å²) in [4.78, 5) is 0. The van der Waals surface area contributed by atoms with Gasteiger partial charge in [-0.15, -0.1) is 0 Å². The molecule has 0 amide bonds. The van der Waals surface area contributed by atoms with E-state index in [0.29, 0.717) is 12.0 Å². The van der Waals surface area contributed by atoms with E-state index in [4.69, 9.17) is 0 Å². The summed E-state index contributed by atoms with van der Waals surface area (Å²) in [6.07, 6.45) is 1.67. The largest absolute Gasteiger partial charge is 0.385 e. The molecule has 1 fully saturated rings. The van der Waals surface area contributed by atoms with E-state index < -0.39 is 5.60 Å². The average Bonchev–Trinajstić information content (AvgIpc) is 2.41. The Labute approximate surface area is 103 Å². The predicted molar refractivity (Wildman–Crippen MR) is 67.2 cm³/mol. The number of aliphatic hydroxyl groups is 1. The first kappa shape index (κ1) is 12.6. The van der Waals surface area contributed by atoms with Gasteiger partial charge in [0.2, 0.25) is 0 Å². The molecule has 1 aromatic carbocycles. The Balaban J connectivity index is 2.42. The quantitative estimate of drug-likeness (QED) is 0.786. The van der Waals surface area contributed by atoms with Crippen molar-refractivity contribution >= 4 is 0 Å². The highest BCUT2D eigenvalue weighted by molar-refractivity contribution is 5.30. The van der Waals surface area contributed by atoms with Gasteiger partial charge in [-0.05, 0) is 48.3 Å². The Hall–Kier alpha value is -0.890. The number of benzene rings is 1. The monoisotopic (exact) mass is 236 g/mol. The lowest BCUT2D eigenvalue weighted by atomic mass is 9.83. The summed E-state index contributed by atoms with van der Waals surface area (Å²) < 4.78 is 13.6. The van der Waals surface area contributed by atoms with Crippen molar-refractivity contribution in [3.05, 3.63) is 35.1 Å². The summed E-state index contributed by atoms with van der Waals surface area (Å²) in [6, 6.07) is 5.10. The maximum absolute atomic E-state index is 13.6. The first-order valence-corrected chi connectivity index (χ1v) is 6.24. The molecule has 2 rings (SSSR count). The Morgan fingerprint density at radius 3 is 2.47 bits per heavy atom. The molecule has 1 aromatic rings. The second kappa shape index (κ2) is 3.81. The number of rotatable bonds is 1. The molecule has 17 heavy (non-hydrogen) atoms. The lowest BCUT2D eigenvalue weighted by molar-refractivity contribution is -0.00112. The van der Waals surface area contributed by atoms with Gasteiger partial charge in [0.1, 0.15) is 5.82 Å². The highest BCUT2D eigenvalue weighted by Gasteiger charge is 2.48. The number of hydrogen-bond donors (Lipinski definition) is 1. The first-order chi connectivity index (χ1) is 7.74. The smallest absolute Gasteiger partial charge is 0.126 e. The summed E-state index contributed by atoms with van der Waals surface area (Å²) in [7, 11) is 0. The van der Waals surface area contributed by atoms with Gasteiger partial charge in [0.25, 0.3) is 0 Å². The molecular weight excluding hydrogens is 215 g/mol. The van der Waals surface area contributed by atoms with E-state index >= 15 is 0 Å². The molecule has 1 aliphatic rings. The van der Waals surface area contributed by atoms with Crippen LogP contribution in [0.15, 0.2) is 18.2 Å². The van der Waals surface area contributed by atoms with E-state index in [-0.39, 0.29) is 17.2 Å². The maximum atomic E-state index is 13.6. The molecule has 0 spiro atoms. The third-order valence-corrected chi connectivity index (χ3v) is 4.09. The average molecular weight is 236 g/mol. The van der Waals surface area contributed by atoms with E-state index in [0.717, 1.165) is 12.0 Å². The number of hydrogen-bond acceptors (Lipinski definition) is 1. The number of halogens is 1. The zero-order valence-electron chi connectivity index (χ0n) is 11.0. The van der Waals surface area contributed by atoms with Gasteiger partial charge < -0.3 is 5.11 Å². The third kappa shape index (κ3) is 2.11. The van der Waals surface area contributed by atoms with Crippen molar-refractivity contribution in [1.82, 2.24) is 0 Å². The van der Waals surface area contributed by atoms with Gasteiger partial charge in [-0.2, -0.15) is 0 Å². The molecule has 1 nitrogen and oxygen atoms in total. The summed E-state index contributed by atoms with van der Waals surface area (Å²) in [5.74, 6) is -0.0626. The molecule has 2 unspecified atom stereocenters. The van der Waals surface area contributed by atoms with Gasteiger partial charge in [0.15, 0.2) is 0 Å². The Morgan fingerprint density at radius 2 is 2.00 bits per heavy atom. The molecule has 1 saturated carbocycles. The molecule has 0 saturated heterocycles. The minimum absolute atomic E-state index is 0.121. The topological polar surface area (TPSA) is 20.2 Å². The Bertz CT molecular complexity index is 439. The first-order valence-electron chi connectivity index (χ1n) is 6.24. The zero-order valence-corrected chi connectivity index (χ0v) is 11.0. The lowest BCUT2D eigenvalue weighted by Gasteiger charge is -2.29. The third-order valence-electron chi connectivity index (χ3n) is 4.09. The van der Waals surface area contributed by atoms with Crippen molar-refractivity contribution in [2.24, 2.45) is 11.3 Å². The molecule has 2 atom stereocenters. The summed E-state index contributed by atoms with van der Waals surface area (Å²) >= 11 is 0. The summed E-state index contributed by atoms with van der Waals surface area (Å²) in [5, 5.41) is 10.8. The van der Waals surface area contributed by atoms with Crippen molar-refractivity contribution in [2.75, 3.05) is 0 Å². The van der Waals surface area contributed by atoms with Gasteiger partial charge in [-0.25, -0.2) is 4.39 Å². The normalized spacial score (nSPS) is 31.8. The van der Waals surface area contributed by atoms with E-state index in [1.807, 2.05) is 13.0 Å². The molecule has 0 bridgehead atoms. The molecule has 0 radical (unpaired) electrons. The highest BCUT2D eigenvalue weighted by Crippen LogP contribution is 2.52. The van der Waals surface area contributed by atoms with Crippen LogP contribution in [-0.2, 0) is 5.60 Å². The van der Waals surface area contributed by atoms with Crippen LogP contribution in [0.3, 0.4) is 0 Å². The van der Waals surface area contributed by atoms with E-state index in [1.54, 1.807) is 13.0 Å². The van der Waals surface area contributed by atoms with Crippen molar-refractivity contribution in [3.8, 4) is 0 Å². The van der Waals surface area contributed by atoms with E-state index in [2.05, 4.69) is 13.8 Å². The second-order valence-electron chi connectivity index (χ2n) is 6.33. The minimum atomic E-state index is -0.877. The molecule has 0 aliphatic heterocycles. The molecule has 2 heteroatoms. The van der Waals surface area contributed by atoms with Crippen LogP contribution in [0.4, 0.5) is 4.39 Å². The lowest BCUT2D eigenvalue weighted by Crippen LogP contribution is -2.29. The van der Waals surface area contributed by atoms with Crippen molar-refractivity contribution in [2.45, 2.75) is 46.1 Å². The van der Waals surface area contributed by atoms with Crippen LogP contribution in [0.2, 0.25) is 0 Å². The van der Waals surface area contributed by atoms with Crippen LogP contribution in [0, 0.1) is 24.1 Å². The van der Waals surface area contributed by atoms with Crippen LogP contribution in [0.1, 0.15) is 44.7 Å². The summed E-state index contributed by atoms with van der Waals surface area (Å²) in [5.41, 5.74) is 0.592. The fraction of sp³-hybridized carbons (Fsp3) is 0.600. The van der Waals surface area contributed by atoms with Gasteiger partial charge in [-0.1, -0.05) is 32.9 Å². The molecular formula is C15H21FO. The van der Waals surface area contributed by atoms with Gasteiger partial charge >= 0.3 is 0 Å². The number of aryl methyl sites for hydroxylation is 1. The zero-order chi connectivity index (χ0) is 12.8. The van der Waals surface area contributed by atoms with E-state index in [9.17, 15) is 9.50 Å². The van der Waals surface area contributed by atoms with Crippen LogP contribution in [0.5, 0.6) is 0 Å². The van der Waals surface area contributed by atoms with Crippen molar-refractivity contribution in [1.29, 1.82) is 0 Å². The SMILES string of the molecule is Cc1ccc(C2(O)CC(C)(C)CC2C)cc1F. The Kier molecular flexibility index (Phi) is 2.81. The Morgan fingerprint density at radius 1 is 1.35 bits per heavy atom. The highest BCUT2D eigenvalue weighted by atomic mass is 19.1. The van der Waals surface area contributed by atoms with Gasteiger partial charge in [0, 0.05) is 0 Å². The van der Waals surface area contributed by atoms with Gasteiger partial charge in [-0.3, -0.25) is 0 Å². The molecule has 1 aliphatic carbocycles. The van der Waals surface area contributed by atoms with Crippen LogP contribution in [-0.4, -0.2) is 5.11 Å². The maximum Gasteiger partial charge on any atom is 0.126 e. The van der Waals surface area contributed by atoms with Crippen LogP contribution < -0.4 is 0 Å². The minimum Gasteiger partial charge on any atom is -0.385 e. The molecule has 0 aromatic heterocycles. The molecule has 0 heterocycles. The molecule has 94 valence electrons. The standard InChI is InChI=1S/C15H21FO/c1-10-5-6-12(7-13(10)16)15(17)9-14(3,4)8-11(15)2/h5-7,11,17H,8-9H2,1-4H3. The van der Waals surface area contributed by atoms with Crippen LogP contribution in [0.25, 0.3) is 0 Å². The van der Waals surface area contributed by atoms with Crippen molar-refractivity contribution < 1.29 is 9.50 Å². The predicted octanol–water partition coefficient (Wildman–Crippen LogP) is 3.78. The molecule has 1 N–H and O–H groups in total. The fourth-order valence-corrected chi connectivity index (χ4v) is 3.22. The van der Waals surface area contributed by atoms with E-state index in [1.165, 1.54) is 6.07 Å².